The first-order valence-corrected chi connectivity index (χ1v) is 10.1. The fourth-order valence-corrected chi connectivity index (χ4v) is 3.36. The number of nitrogens with one attached hydrogen (secondary N) is 1. The number of rotatable bonds is 9. The molecule has 0 aromatic heterocycles. The summed E-state index contributed by atoms with van der Waals surface area (Å²) in [5.41, 5.74) is 2.99. The number of carbonyl (C=O) groups is 2. The van der Waals surface area contributed by atoms with Crippen LogP contribution in [0.4, 0.5) is 5.69 Å². The van der Waals surface area contributed by atoms with E-state index in [1.54, 1.807) is 7.11 Å². The zero-order valence-corrected chi connectivity index (χ0v) is 17.9. The van der Waals surface area contributed by atoms with Crippen molar-refractivity contribution in [3.8, 4) is 5.75 Å². The molecule has 0 aliphatic carbocycles. The third kappa shape index (κ3) is 4.71. The lowest BCUT2D eigenvalue weighted by atomic mass is 10.0. The minimum absolute atomic E-state index is 0.110. The summed E-state index contributed by atoms with van der Waals surface area (Å²) < 4.78 is 11.0. The molecule has 158 valence electrons. The number of imide groups is 1. The minimum Gasteiger partial charge on any atom is -0.495 e. The molecule has 0 atom stereocenters. The fraction of sp³-hybridized carbons (Fsp3) is 0.333. The van der Waals surface area contributed by atoms with Gasteiger partial charge in [0.05, 0.1) is 24.5 Å². The maximum Gasteiger partial charge on any atom is 0.278 e. The van der Waals surface area contributed by atoms with Gasteiger partial charge in [-0.3, -0.25) is 14.5 Å². The quantitative estimate of drug-likeness (QED) is 0.502. The Labute approximate surface area is 177 Å². The summed E-state index contributed by atoms with van der Waals surface area (Å²) in [5, 5.41) is 3.18. The number of amides is 2. The smallest absolute Gasteiger partial charge is 0.278 e. The second-order valence-corrected chi connectivity index (χ2v) is 7.48. The maximum atomic E-state index is 13.2. The highest BCUT2D eigenvalue weighted by molar-refractivity contribution is 6.36. The predicted octanol–water partition coefficient (Wildman–Crippen LogP) is 4.01. The van der Waals surface area contributed by atoms with Crippen molar-refractivity contribution in [1.29, 1.82) is 0 Å². The van der Waals surface area contributed by atoms with Gasteiger partial charge < -0.3 is 14.8 Å². The second kappa shape index (κ2) is 9.59. The molecule has 6 nitrogen and oxygen atoms in total. The van der Waals surface area contributed by atoms with E-state index in [1.807, 2.05) is 69.3 Å². The van der Waals surface area contributed by atoms with Gasteiger partial charge in [-0.05, 0) is 50.5 Å². The number of methoxy groups -OCH3 is 1. The number of hydrogen-bond donors (Lipinski definition) is 1. The highest BCUT2D eigenvalue weighted by Gasteiger charge is 2.39. The Hall–Kier alpha value is -3.12. The standard InChI is InChI=1S/C24H28N2O4/c1-16(2)30-14-8-13-26-23(27)21(18-9-6-5-7-10-18)22(24(26)28)25-19-15-17(3)11-12-20(19)29-4/h5-7,9-12,15-16,25H,8,13-14H2,1-4H3. The average Bonchev–Trinajstić information content (AvgIpc) is 2.95. The molecule has 0 unspecified atom stereocenters. The van der Waals surface area contributed by atoms with Crippen LogP contribution in [0, 0.1) is 6.92 Å². The van der Waals surface area contributed by atoms with E-state index in [-0.39, 0.29) is 23.6 Å². The van der Waals surface area contributed by atoms with Crippen molar-refractivity contribution >= 4 is 23.1 Å². The van der Waals surface area contributed by atoms with Crippen LogP contribution in [0.25, 0.3) is 5.57 Å². The van der Waals surface area contributed by atoms with E-state index in [4.69, 9.17) is 9.47 Å². The molecule has 0 bridgehead atoms. The summed E-state index contributed by atoms with van der Waals surface area (Å²) in [6, 6.07) is 14.9. The molecule has 1 aliphatic heterocycles. The first kappa shape index (κ1) is 21.6. The van der Waals surface area contributed by atoms with E-state index in [1.165, 1.54) is 4.90 Å². The van der Waals surface area contributed by atoms with Crippen molar-refractivity contribution in [2.24, 2.45) is 0 Å². The summed E-state index contributed by atoms with van der Waals surface area (Å²) >= 11 is 0. The average molecular weight is 408 g/mol. The van der Waals surface area contributed by atoms with E-state index < -0.39 is 0 Å². The molecule has 30 heavy (non-hydrogen) atoms. The van der Waals surface area contributed by atoms with Crippen LogP contribution in [0.2, 0.25) is 0 Å². The Morgan fingerprint density at radius 1 is 1.03 bits per heavy atom. The van der Waals surface area contributed by atoms with Gasteiger partial charge in [-0.25, -0.2) is 0 Å². The van der Waals surface area contributed by atoms with Gasteiger partial charge in [0.25, 0.3) is 11.8 Å². The molecule has 3 rings (SSSR count). The lowest BCUT2D eigenvalue weighted by Crippen LogP contribution is -2.34. The molecule has 1 aliphatic rings. The summed E-state index contributed by atoms with van der Waals surface area (Å²) in [5.74, 6) is -0.0404. The molecule has 2 amide bonds. The first-order valence-electron chi connectivity index (χ1n) is 10.1. The molecular weight excluding hydrogens is 380 g/mol. The van der Waals surface area contributed by atoms with Crippen molar-refractivity contribution in [1.82, 2.24) is 4.90 Å². The van der Waals surface area contributed by atoms with Gasteiger partial charge in [-0.15, -0.1) is 0 Å². The number of benzene rings is 2. The highest BCUT2D eigenvalue weighted by Crippen LogP contribution is 2.33. The summed E-state index contributed by atoms with van der Waals surface area (Å²) in [6.07, 6.45) is 0.692. The van der Waals surface area contributed by atoms with Crippen molar-refractivity contribution in [3.05, 3.63) is 65.4 Å². The van der Waals surface area contributed by atoms with Gasteiger partial charge in [0.15, 0.2) is 0 Å². The normalized spacial score (nSPS) is 14.1. The molecule has 1 N–H and O–H groups in total. The fourth-order valence-electron chi connectivity index (χ4n) is 3.36. The number of aryl methyl sites for hydroxylation is 1. The van der Waals surface area contributed by atoms with Crippen LogP contribution in [-0.4, -0.2) is 43.1 Å². The maximum absolute atomic E-state index is 13.2. The largest absolute Gasteiger partial charge is 0.495 e. The number of carbonyl (C=O) groups excluding carboxylic acids is 2. The monoisotopic (exact) mass is 408 g/mol. The lowest BCUT2D eigenvalue weighted by Gasteiger charge is -2.16. The van der Waals surface area contributed by atoms with Gasteiger partial charge in [-0.1, -0.05) is 36.4 Å². The molecule has 0 spiro atoms. The van der Waals surface area contributed by atoms with Crippen molar-refractivity contribution < 1.29 is 19.1 Å². The van der Waals surface area contributed by atoms with Crippen LogP contribution < -0.4 is 10.1 Å². The second-order valence-electron chi connectivity index (χ2n) is 7.48. The topological polar surface area (TPSA) is 67.9 Å². The summed E-state index contributed by atoms with van der Waals surface area (Å²) in [6.45, 7) is 6.66. The third-order valence-corrected chi connectivity index (χ3v) is 4.82. The zero-order valence-electron chi connectivity index (χ0n) is 17.9. The Kier molecular flexibility index (Phi) is 6.90. The highest BCUT2D eigenvalue weighted by atomic mass is 16.5. The number of nitrogens with zero attached hydrogens (tertiary/aromatic N) is 1. The predicted molar refractivity (Wildman–Crippen MR) is 117 cm³/mol. The van der Waals surface area contributed by atoms with E-state index in [0.29, 0.717) is 42.1 Å². The number of ether oxygens (including phenoxy) is 2. The Balaban J connectivity index is 1.93. The molecule has 0 saturated carbocycles. The molecule has 2 aromatic rings. The lowest BCUT2D eigenvalue weighted by molar-refractivity contribution is -0.137. The van der Waals surface area contributed by atoms with Crippen molar-refractivity contribution in [2.75, 3.05) is 25.6 Å². The van der Waals surface area contributed by atoms with Crippen LogP contribution >= 0.6 is 0 Å². The van der Waals surface area contributed by atoms with Gasteiger partial charge in [0.2, 0.25) is 0 Å². The van der Waals surface area contributed by atoms with Crippen LogP contribution in [-0.2, 0) is 14.3 Å². The minimum atomic E-state index is -0.341. The number of hydrogen-bond acceptors (Lipinski definition) is 5. The Bertz CT molecular complexity index is 951. The molecular formula is C24H28N2O4. The van der Waals surface area contributed by atoms with E-state index in [2.05, 4.69) is 5.32 Å². The summed E-state index contributed by atoms with van der Waals surface area (Å²) in [4.78, 5) is 27.7. The SMILES string of the molecule is COc1ccc(C)cc1NC1=C(c2ccccc2)C(=O)N(CCCOC(C)C)C1=O. The Morgan fingerprint density at radius 3 is 2.43 bits per heavy atom. The third-order valence-electron chi connectivity index (χ3n) is 4.82. The van der Waals surface area contributed by atoms with Crippen LogP contribution in [0.1, 0.15) is 31.4 Å². The van der Waals surface area contributed by atoms with Gasteiger partial charge >= 0.3 is 0 Å². The van der Waals surface area contributed by atoms with Crippen molar-refractivity contribution in [3.63, 3.8) is 0 Å². The van der Waals surface area contributed by atoms with Gasteiger partial charge in [0, 0.05) is 13.2 Å². The summed E-state index contributed by atoms with van der Waals surface area (Å²) in [7, 11) is 1.57. The first-order chi connectivity index (χ1) is 14.4. The molecule has 0 fully saturated rings. The van der Waals surface area contributed by atoms with Crippen LogP contribution in [0.5, 0.6) is 5.75 Å². The van der Waals surface area contributed by atoms with E-state index >= 15 is 0 Å². The zero-order chi connectivity index (χ0) is 21.7. The molecule has 1 heterocycles. The van der Waals surface area contributed by atoms with Crippen molar-refractivity contribution in [2.45, 2.75) is 33.3 Å². The molecule has 0 saturated heterocycles. The van der Waals surface area contributed by atoms with Crippen LogP contribution in [0.3, 0.4) is 0 Å². The Morgan fingerprint density at radius 2 is 1.77 bits per heavy atom. The molecule has 6 heteroatoms. The van der Waals surface area contributed by atoms with Crippen LogP contribution in [0.15, 0.2) is 54.2 Å². The van der Waals surface area contributed by atoms with E-state index in [0.717, 1.165) is 5.56 Å². The molecule has 0 radical (unpaired) electrons. The number of anilines is 1. The van der Waals surface area contributed by atoms with Gasteiger partial charge in [0.1, 0.15) is 11.4 Å². The van der Waals surface area contributed by atoms with E-state index in [9.17, 15) is 9.59 Å². The molecule has 2 aromatic carbocycles. The van der Waals surface area contributed by atoms with Gasteiger partial charge in [-0.2, -0.15) is 0 Å².